The Kier molecular flexibility index (Phi) is 5.09. The summed E-state index contributed by atoms with van der Waals surface area (Å²) in [5, 5.41) is 4.98. The quantitative estimate of drug-likeness (QED) is 0.267. The Labute approximate surface area is 222 Å². The molecule has 5 aromatic carbocycles. The van der Waals surface area contributed by atoms with Crippen LogP contribution >= 0.6 is 0 Å². The topological polar surface area (TPSA) is 92.5 Å². The van der Waals surface area contributed by atoms with E-state index in [1.807, 2.05) is 54.6 Å². The highest BCUT2D eigenvalue weighted by Crippen LogP contribution is 2.34. The molecule has 7 rings (SSSR count). The van der Waals surface area contributed by atoms with Gasteiger partial charge in [-0.1, -0.05) is 60.7 Å². The highest BCUT2D eigenvalue weighted by molar-refractivity contribution is 6.34. The lowest BCUT2D eigenvalue weighted by atomic mass is 10.1. The summed E-state index contributed by atoms with van der Waals surface area (Å²) in [4.78, 5) is 45.0. The second-order valence-corrected chi connectivity index (χ2v) is 9.19. The van der Waals surface area contributed by atoms with E-state index in [0.717, 1.165) is 21.2 Å². The van der Waals surface area contributed by atoms with E-state index in [-0.39, 0.29) is 0 Å². The highest BCUT2D eigenvalue weighted by atomic mass is 16.3. The second-order valence-electron chi connectivity index (χ2n) is 9.19. The Morgan fingerprint density at radius 1 is 0.718 bits per heavy atom. The van der Waals surface area contributed by atoms with Gasteiger partial charge in [-0.05, 0) is 53.9 Å². The van der Waals surface area contributed by atoms with Gasteiger partial charge >= 0.3 is 0 Å². The van der Waals surface area contributed by atoms with Gasteiger partial charge in [0.25, 0.3) is 17.7 Å². The van der Waals surface area contributed by atoms with E-state index in [4.69, 9.17) is 9.40 Å². The highest BCUT2D eigenvalue weighted by Gasteiger charge is 2.36. The summed E-state index contributed by atoms with van der Waals surface area (Å²) in [6.45, 7) is 0. The zero-order valence-electron chi connectivity index (χ0n) is 20.4. The van der Waals surface area contributed by atoms with E-state index < -0.39 is 17.7 Å². The fourth-order valence-electron chi connectivity index (χ4n) is 4.96. The molecular formula is C32H19N3O4. The number of imide groups is 1. The summed E-state index contributed by atoms with van der Waals surface area (Å²) in [5.74, 6) is -0.844. The molecule has 0 unspecified atom stereocenters. The summed E-state index contributed by atoms with van der Waals surface area (Å²) in [7, 11) is 0. The standard InChI is InChI=1S/C32H19N3O4/c36-29(20-9-7-10-21(18-20)35-31(37)23-12-3-4-13-24(23)32(35)38)33-26-15-6-5-14-25(26)30-34-28-22-11-2-1-8-19(22)16-17-27(28)39-30/h1-18H,(H,33,36). The van der Waals surface area contributed by atoms with Crippen molar-refractivity contribution in [2.45, 2.75) is 0 Å². The van der Waals surface area contributed by atoms with Crippen LogP contribution < -0.4 is 10.2 Å². The van der Waals surface area contributed by atoms with Gasteiger partial charge in [-0.25, -0.2) is 9.88 Å². The van der Waals surface area contributed by atoms with Crippen LogP contribution in [0.3, 0.4) is 0 Å². The van der Waals surface area contributed by atoms with Gasteiger partial charge in [0.2, 0.25) is 5.89 Å². The number of anilines is 2. The van der Waals surface area contributed by atoms with E-state index in [0.29, 0.717) is 45.1 Å². The van der Waals surface area contributed by atoms with Crippen molar-refractivity contribution in [3.05, 3.63) is 126 Å². The van der Waals surface area contributed by atoms with Crippen LogP contribution in [0.4, 0.5) is 11.4 Å². The molecule has 39 heavy (non-hydrogen) atoms. The average Bonchev–Trinajstić information content (AvgIpc) is 3.52. The van der Waals surface area contributed by atoms with Crippen LogP contribution in [-0.4, -0.2) is 22.7 Å². The number of carbonyl (C=O) groups excluding carboxylic acids is 3. The number of hydrogen-bond donors (Lipinski definition) is 1. The van der Waals surface area contributed by atoms with Crippen molar-refractivity contribution in [1.82, 2.24) is 4.98 Å². The summed E-state index contributed by atoms with van der Waals surface area (Å²) < 4.78 is 6.09. The number of benzene rings is 5. The number of amides is 3. The minimum absolute atomic E-state index is 0.294. The van der Waals surface area contributed by atoms with Crippen molar-refractivity contribution in [2.24, 2.45) is 0 Å². The number of nitrogens with one attached hydrogen (secondary N) is 1. The Hall–Kier alpha value is -5.56. The third-order valence-corrected chi connectivity index (χ3v) is 6.85. The first kappa shape index (κ1) is 22.6. The van der Waals surface area contributed by atoms with E-state index in [2.05, 4.69) is 5.32 Å². The Bertz CT molecular complexity index is 1940. The molecule has 1 N–H and O–H groups in total. The molecule has 1 aliphatic heterocycles. The number of hydrogen-bond acceptors (Lipinski definition) is 5. The lowest BCUT2D eigenvalue weighted by Crippen LogP contribution is -2.29. The summed E-state index contributed by atoms with van der Waals surface area (Å²) in [5.41, 5.74) is 3.86. The van der Waals surface area contributed by atoms with Crippen molar-refractivity contribution in [3.8, 4) is 11.5 Å². The molecular weight excluding hydrogens is 490 g/mol. The van der Waals surface area contributed by atoms with Gasteiger partial charge < -0.3 is 9.73 Å². The lowest BCUT2D eigenvalue weighted by molar-refractivity contribution is 0.0924. The van der Waals surface area contributed by atoms with Crippen LogP contribution in [-0.2, 0) is 0 Å². The molecule has 1 aliphatic rings. The molecule has 0 spiro atoms. The van der Waals surface area contributed by atoms with Gasteiger partial charge in [-0.3, -0.25) is 14.4 Å². The van der Waals surface area contributed by atoms with E-state index in [1.165, 1.54) is 6.07 Å². The summed E-state index contributed by atoms with van der Waals surface area (Å²) in [6, 6.07) is 32.2. The smallest absolute Gasteiger partial charge is 0.266 e. The molecule has 186 valence electrons. The number of fused-ring (bicyclic) bond motifs is 4. The molecule has 3 amide bonds. The zero-order valence-corrected chi connectivity index (χ0v) is 20.4. The number of nitrogens with zero attached hydrogens (tertiary/aromatic N) is 2. The number of para-hydroxylation sites is 1. The number of aromatic nitrogens is 1. The molecule has 0 radical (unpaired) electrons. The fourth-order valence-corrected chi connectivity index (χ4v) is 4.96. The van der Waals surface area contributed by atoms with Crippen molar-refractivity contribution >= 4 is 51.0 Å². The van der Waals surface area contributed by atoms with Gasteiger partial charge in [0.05, 0.1) is 28.1 Å². The van der Waals surface area contributed by atoms with Gasteiger partial charge in [0.1, 0.15) is 5.52 Å². The zero-order chi connectivity index (χ0) is 26.5. The van der Waals surface area contributed by atoms with Crippen LogP contribution in [0.25, 0.3) is 33.3 Å². The van der Waals surface area contributed by atoms with Crippen LogP contribution in [0, 0.1) is 0 Å². The maximum atomic E-state index is 13.3. The first-order chi connectivity index (χ1) is 19.1. The molecule has 7 nitrogen and oxygen atoms in total. The van der Waals surface area contributed by atoms with Crippen molar-refractivity contribution in [2.75, 3.05) is 10.2 Å². The Morgan fingerprint density at radius 3 is 2.21 bits per heavy atom. The van der Waals surface area contributed by atoms with E-state index in [9.17, 15) is 14.4 Å². The molecule has 0 bridgehead atoms. The molecule has 7 heteroatoms. The summed E-state index contributed by atoms with van der Waals surface area (Å²) >= 11 is 0. The molecule has 0 aliphatic carbocycles. The average molecular weight is 510 g/mol. The van der Waals surface area contributed by atoms with Gasteiger partial charge in [-0.15, -0.1) is 0 Å². The molecule has 6 aromatic rings. The Morgan fingerprint density at radius 2 is 1.41 bits per heavy atom. The molecule has 0 atom stereocenters. The van der Waals surface area contributed by atoms with Crippen LogP contribution in [0.2, 0.25) is 0 Å². The first-order valence-corrected chi connectivity index (χ1v) is 12.4. The third-order valence-electron chi connectivity index (χ3n) is 6.85. The molecule has 0 fully saturated rings. The van der Waals surface area contributed by atoms with Gasteiger partial charge in [0, 0.05) is 10.9 Å². The monoisotopic (exact) mass is 509 g/mol. The maximum Gasteiger partial charge on any atom is 0.266 e. The lowest BCUT2D eigenvalue weighted by Gasteiger charge is -2.15. The van der Waals surface area contributed by atoms with E-state index >= 15 is 0 Å². The molecule has 0 saturated carbocycles. The Balaban J connectivity index is 1.21. The second kappa shape index (κ2) is 8.78. The number of oxazole rings is 1. The minimum Gasteiger partial charge on any atom is -0.436 e. The molecule has 0 saturated heterocycles. The minimum atomic E-state index is -0.415. The van der Waals surface area contributed by atoms with Gasteiger partial charge in [-0.2, -0.15) is 0 Å². The fraction of sp³-hybridized carbons (Fsp3) is 0. The van der Waals surface area contributed by atoms with Crippen LogP contribution in [0.5, 0.6) is 0 Å². The molecule has 2 heterocycles. The summed E-state index contributed by atoms with van der Waals surface area (Å²) in [6.07, 6.45) is 0. The van der Waals surface area contributed by atoms with Crippen molar-refractivity contribution in [1.29, 1.82) is 0 Å². The van der Waals surface area contributed by atoms with Crippen LogP contribution in [0.1, 0.15) is 31.1 Å². The van der Waals surface area contributed by atoms with Crippen LogP contribution in [0.15, 0.2) is 114 Å². The predicted octanol–water partition coefficient (Wildman–Crippen LogP) is 6.70. The SMILES string of the molecule is O=C(Nc1ccccc1-c1nc2c(ccc3ccccc32)o1)c1cccc(N2C(=O)c3ccccc3C2=O)c1. The predicted molar refractivity (Wildman–Crippen MR) is 149 cm³/mol. The number of rotatable bonds is 4. The number of carbonyl (C=O) groups is 3. The normalized spacial score (nSPS) is 12.8. The van der Waals surface area contributed by atoms with Crippen molar-refractivity contribution < 1.29 is 18.8 Å². The van der Waals surface area contributed by atoms with E-state index in [1.54, 1.807) is 48.5 Å². The maximum absolute atomic E-state index is 13.3. The largest absolute Gasteiger partial charge is 0.436 e. The van der Waals surface area contributed by atoms with Crippen molar-refractivity contribution in [3.63, 3.8) is 0 Å². The molecule has 1 aromatic heterocycles. The third kappa shape index (κ3) is 3.67. The van der Waals surface area contributed by atoms with Gasteiger partial charge in [0.15, 0.2) is 5.58 Å². The first-order valence-electron chi connectivity index (χ1n) is 12.4.